The fourth-order valence-electron chi connectivity index (χ4n) is 2.16. The first kappa shape index (κ1) is 15.4. The first-order valence-electron chi connectivity index (χ1n) is 6.60. The Morgan fingerprint density at radius 1 is 1.30 bits per heavy atom. The fraction of sp³-hybridized carbons (Fsp3) is 0.538. The van der Waals surface area contributed by atoms with Crippen molar-refractivity contribution in [1.29, 1.82) is 0 Å². The van der Waals surface area contributed by atoms with Crippen LogP contribution in [-0.2, 0) is 20.5 Å². The average Bonchev–Trinajstić information content (AvgIpc) is 2.48. The van der Waals surface area contributed by atoms with E-state index in [2.05, 4.69) is 4.72 Å². The molecule has 0 radical (unpaired) electrons. The third-order valence-electron chi connectivity index (χ3n) is 3.48. The van der Waals surface area contributed by atoms with Gasteiger partial charge in [0.1, 0.15) is 0 Å². The molecule has 6 nitrogen and oxygen atoms in total. The Hall–Kier alpha value is -0.990. The van der Waals surface area contributed by atoms with E-state index in [1.165, 1.54) is 4.31 Å². The van der Waals surface area contributed by atoms with Crippen LogP contribution < -0.4 is 10.5 Å². The van der Waals surface area contributed by atoms with E-state index in [4.69, 9.17) is 10.5 Å². The van der Waals surface area contributed by atoms with E-state index in [0.29, 0.717) is 26.3 Å². The van der Waals surface area contributed by atoms with Gasteiger partial charge in [-0.3, -0.25) is 0 Å². The second-order valence-electron chi connectivity index (χ2n) is 5.02. The molecular formula is C13H21N3O3S. The predicted octanol–water partition coefficient (Wildman–Crippen LogP) is 0.0271. The lowest BCUT2D eigenvalue weighted by Crippen LogP contribution is -2.55. The number of hydrogen-bond donors (Lipinski definition) is 2. The molecule has 0 aromatic heterocycles. The van der Waals surface area contributed by atoms with E-state index in [9.17, 15) is 8.42 Å². The lowest BCUT2D eigenvalue weighted by atomic mass is 9.94. The largest absolute Gasteiger partial charge is 0.379 e. The van der Waals surface area contributed by atoms with Gasteiger partial charge in [-0.15, -0.1) is 0 Å². The summed E-state index contributed by atoms with van der Waals surface area (Å²) in [6, 6.07) is 9.36. The van der Waals surface area contributed by atoms with Gasteiger partial charge in [0.05, 0.1) is 18.8 Å². The van der Waals surface area contributed by atoms with Gasteiger partial charge in [-0.05, 0) is 12.5 Å². The summed E-state index contributed by atoms with van der Waals surface area (Å²) in [7, 11) is -3.58. The monoisotopic (exact) mass is 299 g/mol. The van der Waals surface area contributed by atoms with Crippen LogP contribution in [0.5, 0.6) is 0 Å². The second kappa shape index (κ2) is 6.19. The number of hydrogen-bond acceptors (Lipinski definition) is 4. The number of morpholine rings is 1. The van der Waals surface area contributed by atoms with Gasteiger partial charge in [0.15, 0.2) is 0 Å². The minimum absolute atomic E-state index is 0.181. The van der Waals surface area contributed by atoms with E-state index in [0.717, 1.165) is 5.56 Å². The van der Waals surface area contributed by atoms with Crippen molar-refractivity contribution in [2.24, 2.45) is 5.73 Å². The maximum atomic E-state index is 12.4. The third kappa shape index (κ3) is 3.36. The first-order chi connectivity index (χ1) is 9.48. The highest BCUT2D eigenvalue weighted by atomic mass is 32.2. The highest BCUT2D eigenvalue weighted by Crippen LogP contribution is 2.21. The molecule has 1 heterocycles. The quantitative estimate of drug-likeness (QED) is 0.803. The SMILES string of the molecule is CC(CN)(NS(=O)(=O)N1CCOCC1)c1ccccc1. The smallest absolute Gasteiger partial charge is 0.280 e. The van der Waals surface area contributed by atoms with Gasteiger partial charge in [0, 0.05) is 19.6 Å². The van der Waals surface area contributed by atoms with Crippen molar-refractivity contribution in [2.75, 3.05) is 32.8 Å². The van der Waals surface area contributed by atoms with Crippen molar-refractivity contribution in [3.63, 3.8) is 0 Å². The standard InChI is InChI=1S/C13H21N3O3S/c1-13(11-14,12-5-3-2-4-6-12)15-20(17,18)16-7-9-19-10-8-16/h2-6,15H,7-11,14H2,1H3. The van der Waals surface area contributed by atoms with Crippen LogP contribution in [0.15, 0.2) is 30.3 Å². The number of nitrogens with two attached hydrogens (primary N) is 1. The summed E-state index contributed by atoms with van der Waals surface area (Å²) in [6.45, 7) is 3.55. The molecule has 0 bridgehead atoms. The molecule has 20 heavy (non-hydrogen) atoms. The number of nitrogens with one attached hydrogen (secondary N) is 1. The Balaban J connectivity index is 2.20. The van der Waals surface area contributed by atoms with E-state index < -0.39 is 15.7 Å². The van der Waals surface area contributed by atoms with Crippen molar-refractivity contribution in [3.05, 3.63) is 35.9 Å². The van der Waals surface area contributed by atoms with Crippen LogP contribution in [0, 0.1) is 0 Å². The Morgan fingerprint density at radius 3 is 2.45 bits per heavy atom. The van der Waals surface area contributed by atoms with Gasteiger partial charge in [-0.1, -0.05) is 30.3 Å². The molecule has 0 aliphatic carbocycles. The molecule has 1 unspecified atom stereocenters. The van der Waals surface area contributed by atoms with E-state index in [1.54, 1.807) is 6.92 Å². The van der Waals surface area contributed by atoms with Gasteiger partial charge in [-0.25, -0.2) is 0 Å². The van der Waals surface area contributed by atoms with Crippen LogP contribution in [0.3, 0.4) is 0 Å². The van der Waals surface area contributed by atoms with Gasteiger partial charge in [0.25, 0.3) is 10.2 Å². The zero-order valence-electron chi connectivity index (χ0n) is 11.6. The van der Waals surface area contributed by atoms with Crippen molar-refractivity contribution in [1.82, 2.24) is 9.03 Å². The molecule has 0 spiro atoms. The zero-order valence-corrected chi connectivity index (χ0v) is 12.4. The van der Waals surface area contributed by atoms with Crippen molar-refractivity contribution in [2.45, 2.75) is 12.5 Å². The van der Waals surface area contributed by atoms with Crippen molar-refractivity contribution >= 4 is 10.2 Å². The normalized spacial score (nSPS) is 20.5. The maximum Gasteiger partial charge on any atom is 0.280 e. The summed E-state index contributed by atoms with van der Waals surface area (Å²) in [5.41, 5.74) is 5.83. The van der Waals surface area contributed by atoms with Gasteiger partial charge in [-0.2, -0.15) is 17.4 Å². The molecule has 0 amide bonds. The highest BCUT2D eigenvalue weighted by Gasteiger charge is 2.34. The van der Waals surface area contributed by atoms with E-state index in [1.807, 2.05) is 30.3 Å². The van der Waals surface area contributed by atoms with Gasteiger partial charge >= 0.3 is 0 Å². The summed E-state index contributed by atoms with van der Waals surface area (Å²) in [6.07, 6.45) is 0. The molecule has 3 N–H and O–H groups in total. The Morgan fingerprint density at radius 2 is 1.90 bits per heavy atom. The molecule has 1 aromatic carbocycles. The van der Waals surface area contributed by atoms with Gasteiger partial charge < -0.3 is 10.5 Å². The summed E-state index contributed by atoms with van der Waals surface area (Å²) in [4.78, 5) is 0. The van der Waals surface area contributed by atoms with E-state index >= 15 is 0 Å². The van der Waals surface area contributed by atoms with Crippen LogP contribution in [0.4, 0.5) is 0 Å². The van der Waals surface area contributed by atoms with Crippen molar-refractivity contribution in [3.8, 4) is 0 Å². The number of ether oxygens (including phenoxy) is 1. The molecule has 1 atom stereocenters. The Labute approximate surface area is 120 Å². The molecule has 1 aliphatic heterocycles. The molecule has 1 fully saturated rings. The number of rotatable bonds is 5. The molecule has 1 aliphatic rings. The van der Waals surface area contributed by atoms with Crippen molar-refractivity contribution < 1.29 is 13.2 Å². The number of nitrogens with zero attached hydrogens (tertiary/aromatic N) is 1. The summed E-state index contributed by atoms with van der Waals surface area (Å²) in [5.74, 6) is 0. The third-order valence-corrected chi connectivity index (χ3v) is 5.24. The number of benzene rings is 1. The minimum atomic E-state index is -3.58. The average molecular weight is 299 g/mol. The van der Waals surface area contributed by atoms with Crippen LogP contribution in [0.2, 0.25) is 0 Å². The Kier molecular flexibility index (Phi) is 4.77. The maximum absolute atomic E-state index is 12.4. The topological polar surface area (TPSA) is 84.7 Å². The molecule has 2 rings (SSSR count). The van der Waals surface area contributed by atoms with Crippen LogP contribution in [-0.4, -0.2) is 45.6 Å². The summed E-state index contributed by atoms with van der Waals surface area (Å²) in [5, 5.41) is 0. The highest BCUT2D eigenvalue weighted by molar-refractivity contribution is 7.87. The molecular weight excluding hydrogens is 278 g/mol. The van der Waals surface area contributed by atoms with Crippen LogP contribution in [0.1, 0.15) is 12.5 Å². The van der Waals surface area contributed by atoms with Crippen LogP contribution in [0.25, 0.3) is 0 Å². The first-order valence-corrected chi connectivity index (χ1v) is 8.04. The molecule has 0 saturated carbocycles. The zero-order chi connectivity index (χ0) is 14.6. The second-order valence-corrected chi connectivity index (χ2v) is 6.69. The van der Waals surface area contributed by atoms with Crippen LogP contribution >= 0.6 is 0 Å². The molecule has 112 valence electrons. The van der Waals surface area contributed by atoms with E-state index in [-0.39, 0.29) is 6.54 Å². The minimum Gasteiger partial charge on any atom is -0.379 e. The lowest BCUT2D eigenvalue weighted by Gasteiger charge is -2.34. The molecule has 7 heteroatoms. The molecule has 1 aromatic rings. The fourth-order valence-corrected chi connectivity index (χ4v) is 3.69. The summed E-state index contributed by atoms with van der Waals surface area (Å²) < 4.78 is 34.2. The molecule has 1 saturated heterocycles. The lowest BCUT2D eigenvalue weighted by molar-refractivity contribution is 0.0720. The van der Waals surface area contributed by atoms with Gasteiger partial charge in [0.2, 0.25) is 0 Å². The Bertz CT molecular complexity index is 529. The predicted molar refractivity (Wildman–Crippen MR) is 77.3 cm³/mol. The summed E-state index contributed by atoms with van der Waals surface area (Å²) >= 11 is 0.